The van der Waals surface area contributed by atoms with E-state index in [-0.39, 0.29) is 15.0 Å². The maximum atomic E-state index is 4.58. The average Bonchev–Trinajstić information content (AvgIpc) is 3.17. The summed E-state index contributed by atoms with van der Waals surface area (Å²) in [5.74, 6) is 0. The molecule has 5 heteroatoms. The Kier molecular flexibility index (Phi) is 4.61. The molecule has 2 aromatic carbocycles. The van der Waals surface area contributed by atoms with Crippen LogP contribution in [-0.4, -0.2) is 30.9 Å². The molecule has 0 fully saturated rings. The maximum Gasteiger partial charge on any atom is 0.225 e. The molecule has 0 aromatic heterocycles. The molecule has 3 unspecified atom stereocenters. The topological polar surface area (TPSA) is 28.6 Å². The Hall–Kier alpha value is -1.01. The van der Waals surface area contributed by atoms with Crippen LogP contribution in [0.1, 0.15) is 11.1 Å². The van der Waals surface area contributed by atoms with Crippen molar-refractivity contribution < 1.29 is 5.32 Å². The van der Waals surface area contributed by atoms with Crippen molar-refractivity contribution in [2.75, 3.05) is 24.1 Å². The van der Waals surface area contributed by atoms with E-state index in [0.29, 0.717) is 12.1 Å². The number of benzene rings is 2. The first-order valence-corrected chi connectivity index (χ1v) is 12.2. The second kappa shape index (κ2) is 6.62. The predicted molar refractivity (Wildman–Crippen MR) is 117 cm³/mol. The van der Waals surface area contributed by atoms with Crippen LogP contribution >= 0.6 is 24.4 Å². The number of hydrogen-bond donors (Lipinski definition) is 3. The molecule has 130 valence electrons. The standard InChI is InChI=1S/C20H22N2S3/c1-24-20(25(2)3)15-9-5-7-11-17(15)22-19(20)18-14(12-23)13-8-4-6-10-16(13)21-18/h4-12,18-19,21-22H,1-3H3/p+2/b14-12+. The van der Waals surface area contributed by atoms with E-state index in [9.17, 15) is 0 Å². The lowest BCUT2D eigenvalue weighted by molar-refractivity contribution is -0.591. The highest BCUT2D eigenvalue weighted by Gasteiger charge is 2.61. The largest absolute Gasteiger partial charge is 0.370 e. The van der Waals surface area contributed by atoms with Gasteiger partial charge in [0.2, 0.25) is 4.08 Å². The number of nitrogens with two attached hydrogens (primary N) is 1. The molecule has 0 saturated heterocycles. The van der Waals surface area contributed by atoms with E-state index in [1.54, 1.807) is 0 Å². The van der Waals surface area contributed by atoms with Crippen LogP contribution in [0, 0.1) is 0 Å². The third-order valence-corrected chi connectivity index (χ3v) is 9.97. The van der Waals surface area contributed by atoms with Gasteiger partial charge in [0.25, 0.3) is 0 Å². The van der Waals surface area contributed by atoms with E-state index in [2.05, 4.69) is 90.6 Å². The van der Waals surface area contributed by atoms with Crippen LogP contribution in [0.2, 0.25) is 0 Å². The molecular weight excluding hydrogens is 364 g/mol. The Morgan fingerprint density at radius 1 is 1.16 bits per heavy atom. The monoisotopic (exact) mass is 388 g/mol. The molecular formula is C20H24N2S3+2. The van der Waals surface area contributed by atoms with Crippen LogP contribution in [0.5, 0.6) is 0 Å². The summed E-state index contributed by atoms with van der Waals surface area (Å²) in [6.07, 6.45) is 7.01. The number of anilines is 1. The Morgan fingerprint density at radius 3 is 2.60 bits per heavy atom. The highest BCUT2D eigenvalue weighted by Crippen LogP contribution is 2.53. The van der Waals surface area contributed by atoms with Gasteiger partial charge in [0, 0.05) is 33.3 Å². The maximum absolute atomic E-state index is 4.58. The van der Waals surface area contributed by atoms with E-state index in [0.717, 1.165) is 0 Å². The van der Waals surface area contributed by atoms with Crippen LogP contribution in [0.3, 0.4) is 0 Å². The third-order valence-electron chi connectivity index (χ3n) is 5.42. The summed E-state index contributed by atoms with van der Waals surface area (Å²) in [7, 11) is 0.209. The molecule has 3 atom stereocenters. The lowest BCUT2D eigenvalue weighted by Gasteiger charge is -2.32. The van der Waals surface area contributed by atoms with E-state index in [1.807, 2.05) is 17.2 Å². The van der Waals surface area contributed by atoms with Crippen LogP contribution in [0.4, 0.5) is 11.4 Å². The van der Waals surface area contributed by atoms with E-state index >= 15 is 0 Å². The number of thiol groups is 1. The lowest BCUT2D eigenvalue weighted by atomic mass is 9.95. The number of hydrogen-bond acceptors (Lipinski definition) is 3. The number of nitrogens with one attached hydrogen (secondary N) is 1. The zero-order valence-electron chi connectivity index (χ0n) is 14.7. The molecule has 0 amide bonds. The molecule has 2 aliphatic rings. The number of quaternary nitrogens is 1. The molecule has 25 heavy (non-hydrogen) atoms. The fourth-order valence-corrected chi connectivity index (χ4v) is 8.18. The molecule has 3 N–H and O–H groups in total. The Balaban J connectivity index is 1.84. The summed E-state index contributed by atoms with van der Waals surface area (Å²) in [5.41, 5.74) is 6.71. The number of para-hydroxylation sites is 2. The van der Waals surface area contributed by atoms with Crippen molar-refractivity contribution in [1.29, 1.82) is 0 Å². The summed E-state index contributed by atoms with van der Waals surface area (Å²) < 4.78 is 0.0713. The van der Waals surface area contributed by atoms with Gasteiger partial charge in [-0.25, -0.2) is 0 Å². The first kappa shape index (κ1) is 17.4. The van der Waals surface area contributed by atoms with E-state index < -0.39 is 0 Å². The summed E-state index contributed by atoms with van der Waals surface area (Å²) in [6, 6.07) is 18.1. The van der Waals surface area contributed by atoms with Gasteiger partial charge in [-0.15, -0.1) is 0 Å². The predicted octanol–water partition coefficient (Wildman–Crippen LogP) is 3.42. The van der Waals surface area contributed by atoms with Gasteiger partial charge in [0.15, 0.2) is 0 Å². The number of rotatable bonds is 3. The number of thioether (sulfide) groups is 1. The van der Waals surface area contributed by atoms with Crippen LogP contribution in [0.15, 0.2) is 53.9 Å². The van der Waals surface area contributed by atoms with Gasteiger partial charge in [0.1, 0.15) is 17.8 Å². The summed E-state index contributed by atoms with van der Waals surface area (Å²) in [4.78, 5) is 0. The quantitative estimate of drug-likeness (QED) is 0.427. The fraction of sp³-hybridized carbons (Fsp3) is 0.300. The summed E-state index contributed by atoms with van der Waals surface area (Å²) in [5, 5.41) is 8.31. The van der Waals surface area contributed by atoms with Gasteiger partial charge >= 0.3 is 0 Å². The smallest absolute Gasteiger partial charge is 0.225 e. The van der Waals surface area contributed by atoms with Crippen LogP contribution in [-0.2, 0) is 15.0 Å². The molecule has 0 saturated carbocycles. The molecule has 2 nitrogen and oxygen atoms in total. The number of fused-ring (bicyclic) bond motifs is 2. The van der Waals surface area contributed by atoms with E-state index in [4.69, 9.17) is 0 Å². The van der Waals surface area contributed by atoms with Gasteiger partial charge in [-0.3, -0.25) is 0 Å². The molecule has 0 bridgehead atoms. The third kappa shape index (κ3) is 2.47. The van der Waals surface area contributed by atoms with Crippen molar-refractivity contribution in [2.24, 2.45) is 0 Å². The van der Waals surface area contributed by atoms with Gasteiger partial charge in [-0.1, -0.05) is 42.1 Å². The zero-order chi connectivity index (χ0) is 17.6. The normalized spacial score (nSPS) is 28.9. The highest BCUT2D eigenvalue weighted by molar-refractivity contribution is 8.15. The van der Waals surface area contributed by atoms with Crippen LogP contribution in [0.25, 0.3) is 5.57 Å². The van der Waals surface area contributed by atoms with Crippen molar-refractivity contribution in [3.8, 4) is 0 Å². The van der Waals surface area contributed by atoms with Crippen molar-refractivity contribution >= 4 is 52.2 Å². The Bertz CT molecular complexity index is 833. The van der Waals surface area contributed by atoms with Crippen molar-refractivity contribution in [3.05, 3.63) is 65.1 Å². The van der Waals surface area contributed by atoms with Crippen molar-refractivity contribution in [1.82, 2.24) is 0 Å². The van der Waals surface area contributed by atoms with E-state index in [1.165, 1.54) is 28.1 Å². The average molecular weight is 389 g/mol. The van der Waals surface area contributed by atoms with Crippen molar-refractivity contribution in [2.45, 2.75) is 16.2 Å². The second-order valence-electron chi connectivity index (χ2n) is 6.72. The summed E-state index contributed by atoms with van der Waals surface area (Å²) in [6.45, 7) is 0. The minimum absolute atomic E-state index is 0.0713. The molecule has 0 radical (unpaired) electrons. The first-order chi connectivity index (χ1) is 12.1. The minimum Gasteiger partial charge on any atom is -0.370 e. The molecule has 0 aliphatic carbocycles. The van der Waals surface area contributed by atoms with Gasteiger partial charge in [-0.05, 0) is 29.9 Å². The van der Waals surface area contributed by atoms with Gasteiger partial charge < -0.3 is 10.6 Å². The minimum atomic E-state index is 0.0713. The molecule has 0 spiro atoms. The lowest BCUT2D eigenvalue weighted by Crippen LogP contribution is -2.87. The molecule has 4 rings (SSSR count). The Labute approximate surface area is 162 Å². The molecule has 2 heterocycles. The fourth-order valence-electron chi connectivity index (χ4n) is 4.35. The van der Waals surface area contributed by atoms with Crippen LogP contribution < -0.4 is 10.6 Å². The first-order valence-electron chi connectivity index (χ1n) is 8.41. The SMILES string of the molecule is CSC1([S+](C)C)c2ccccc2NC1C1[NH2+]c2ccccc2/C1=C\S. The molecule has 2 aromatic rings. The highest BCUT2D eigenvalue weighted by atomic mass is 32.2. The summed E-state index contributed by atoms with van der Waals surface area (Å²) >= 11 is 6.57. The van der Waals surface area contributed by atoms with Gasteiger partial charge in [0.05, 0.1) is 12.5 Å². The second-order valence-corrected chi connectivity index (χ2v) is 10.6. The molecule has 2 aliphatic heterocycles. The van der Waals surface area contributed by atoms with Crippen molar-refractivity contribution in [3.63, 3.8) is 0 Å². The van der Waals surface area contributed by atoms with Gasteiger partial charge in [-0.2, -0.15) is 12.6 Å². The Morgan fingerprint density at radius 2 is 1.88 bits per heavy atom. The zero-order valence-corrected chi connectivity index (χ0v) is 17.2.